The van der Waals surface area contributed by atoms with Crippen LogP contribution in [0.4, 0.5) is 0 Å². The maximum absolute atomic E-state index is 11.8. The average molecular weight is 335 g/mol. The van der Waals surface area contributed by atoms with E-state index in [1.807, 2.05) is 11.8 Å². The molecule has 2 saturated carbocycles. The lowest BCUT2D eigenvalue weighted by Gasteiger charge is -2.34. The summed E-state index contributed by atoms with van der Waals surface area (Å²) < 4.78 is 23.6. The van der Waals surface area contributed by atoms with E-state index in [-0.39, 0.29) is 11.3 Å². The smallest absolute Gasteiger partial charge is 0.150 e. The number of hydrogen-bond donors (Lipinski definition) is 2. The highest BCUT2D eigenvalue weighted by Crippen LogP contribution is 2.34. The highest BCUT2D eigenvalue weighted by atomic mass is 32.2. The normalized spacial score (nSPS) is 30.2. The van der Waals surface area contributed by atoms with E-state index in [2.05, 4.69) is 5.43 Å². The first-order valence-corrected chi connectivity index (χ1v) is 11.3. The first-order chi connectivity index (χ1) is 10.0. The fourth-order valence-electron chi connectivity index (χ4n) is 3.73. The van der Waals surface area contributed by atoms with Gasteiger partial charge in [-0.05, 0) is 38.0 Å². The summed E-state index contributed by atoms with van der Waals surface area (Å²) >= 11 is 2.04. The largest absolute Gasteiger partial charge is 0.271 e. The van der Waals surface area contributed by atoms with Crippen LogP contribution < -0.4 is 11.3 Å². The van der Waals surface area contributed by atoms with E-state index in [1.165, 1.54) is 38.4 Å². The van der Waals surface area contributed by atoms with E-state index in [9.17, 15) is 8.42 Å². The Kier molecular flexibility index (Phi) is 6.84. The summed E-state index contributed by atoms with van der Waals surface area (Å²) in [6.45, 7) is 0. The molecule has 0 aromatic rings. The molecule has 3 N–H and O–H groups in total. The van der Waals surface area contributed by atoms with Crippen LogP contribution in [0.2, 0.25) is 0 Å². The highest BCUT2D eigenvalue weighted by Gasteiger charge is 2.33. The van der Waals surface area contributed by atoms with Gasteiger partial charge in [0.1, 0.15) is 9.84 Å². The minimum atomic E-state index is -2.91. The number of rotatable bonds is 6. The third-order valence-electron chi connectivity index (χ3n) is 5.12. The van der Waals surface area contributed by atoms with Gasteiger partial charge < -0.3 is 0 Å². The number of hydrazine groups is 1. The van der Waals surface area contributed by atoms with Crippen molar-refractivity contribution >= 4 is 21.6 Å². The molecular weight excluding hydrogens is 304 g/mol. The number of nitrogens with one attached hydrogen (secondary N) is 1. The van der Waals surface area contributed by atoms with E-state index in [4.69, 9.17) is 5.84 Å². The van der Waals surface area contributed by atoms with Crippen molar-refractivity contribution in [1.82, 2.24) is 5.43 Å². The van der Waals surface area contributed by atoms with Crippen molar-refractivity contribution in [2.75, 3.05) is 12.0 Å². The molecule has 2 rings (SSSR count). The molecule has 0 bridgehead atoms. The van der Waals surface area contributed by atoms with Crippen molar-refractivity contribution in [3.05, 3.63) is 0 Å². The van der Waals surface area contributed by atoms with Crippen LogP contribution in [-0.4, -0.2) is 37.0 Å². The van der Waals surface area contributed by atoms with Gasteiger partial charge in [0.2, 0.25) is 0 Å². The van der Waals surface area contributed by atoms with Gasteiger partial charge in [-0.3, -0.25) is 11.3 Å². The predicted octanol–water partition coefficient (Wildman–Crippen LogP) is 2.49. The topological polar surface area (TPSA) is 72.2 Å². The second kappa shape index (κ2) is 8.18. The molecule has 2 aliphatic carbocycles. The number of nitrogens with two attached hydrogens (primary N) is 1. The van der Waals surface area contributed by atoms with E-state index >= 15 is 0 Å². The average Bonchev–Trinajstić information content (AvgIpc) is 2.48. The van der Waals surface area contributed by atoms with Gasteiger partial charge in [0.25, 0.3) is 0 Å². The zero-order valence-electron chi connectivity index (χ0n) is 13.1. The summed E-state index contributed by atoms with van der Waals surface area (Å²) in [7, 11) is -2.91. The van der Waals surface area contributed by atoms with Gasteiger partial charge >= 0.3 is 0 Å². The van der Waals surface area contributed by atoms with E-state index in [1.54, 1.807) is 0 Å². The molecule has 0 heterocycles. The van der Waals surface area contributed by atoms with Crippen LogP contribution >= 0.6 is 11.8 Å². The molecule has 3 atom stereocenters. The van der Waals surface area contributed by atoms with Crippen LogP contribution in [0.5, 0.6) is 0 Å². The molecule has 0 aliphatic heterocycles. The molecule has 0 saturated heterocycles. The van der Waals surface area contributed by atoms with Gasteiger partial charge in [0, 0.05) is 23.3 Å². The van der Waals surface area contributed by atoms with Gasteiger partial charge in [-0.15, -0.1) is 0 Å². The molecule has 0 aromatic heterocycles. The Morgan fingerprint density at radius 1 is 1.14 bits per heavy atom. The molecule has 0 radical (unpaired) electrons. The zero-order valence-corrected chi connectivity index (χ0v) is 14.7. The van der Waals surface area contributed by atoms with E-state index in [0.29, 0.717) is 5.92 Å². The van der Waals surface area contributed by atoms with Crippen molar-refractivity contribution in [2.24, 2.45) is 11.8 Å². The van der Waals surface area contributed by atoms with Crippen LogP contribution in [0.1, 0.15) is 57.8 Å². The van der Waals surface area contributed by atoms with Gasteiger partial charge in [-0.25, -0.2) is 8.42 Å². The molecule has 21 heavy (non-hydrogen) atoms. The van der Waals surface area contributed by atoms with Crippen LogP contribution in [0.15, 0.2) is 0 Å². The van der Waals surface area contributed by atoms with Crippen molar-refractivity contribution in [3.63, 3.8) is 0 Å². The summed E-state index contributed by atoms with van der Waals surface area (Å²) in [6, 6.07) is 0.251. The van der Waals surface area contributed by atoms with Crippen molar-refractivity contribution in [2.45, 2.75) is 74.3 Å². The number of thioether (sulfide) groups is 1. The summed E-state index contributed by atoms with van der Waals surface area (Å²) in [5, 5.41) is 0.621. The lowest BCUT2D eigenvalue weighted by Crippen LogP contribution is -2.46. The van der Waals surface area contributed by atoms with Gasteiger partial charge in [0.15, 0.2) is 0 Å². The van der Waals surface area contributed by atoms with Crippen molar-refractivity contribution in [1.29, 1.82) is 0 Å². The van der Waals surface area contributed by atoms with Crippen molar-refractivity contribution in [3.8, 4) is 0 Å². The SMILES string of the molecule is CS(=O)(=O)C1CCCC(C(CSC2CCCCC2)NN)C1. The minimum absolute atomic E-state index is 0.160. The molecule has 6 heteroatoms. The lowest BCUT2D eigenvalue weighted by atomic mass is 9.84. The van der Waals surface area contributed by atoms with Gasteiger partial charge in [-0.2, -0.15) is 11.8 Å². The summed E-state index contributed by atoms with van der Waals surface area (Å²) in [5.74, 6) is 7.18. The first kappa shape index (κ1) is 17.6. The fourth-order valence-corrected chi connectivity index (χ4v) is 6.43. The van der Waals surface area contributed by atoms with Gasteiger partial charge in [-0.1, -0.05) is 25.7 Å². The molecular formula is C15H30N2O2S2. The maximum atomic E-state index is 11.8. The molecule has 0 amide bonds. The highest BCUT2D eigenvalue weighted by molar-refractivity contribution is 7.99. The number of sulfone groups is 1. The monoisotopic (exact) mass is 334 g/mol. The quantitative estimate of drug-likeness (QED) is 0.577. The molecule has 124 valence electrons. The summed E-state index contributed by atoms with van der Waals surface area (Å²) in [6.07, 6.45) is 11.9. The third-order valence-corrected chi connectivity index (χ3v) is 8.25. The molecule has 2 aliphatic rings. The van der Waals surface area contributed by atoms with E-state index < -0.39 is 9.84 Å². The second-order valence-electron chi connectivity index (χ2n) is 6.74. The summed E-state index contributed by atoms with van der Waals surface area (Å²) in [5.41, 5.74) is 2.97. The predicted molar refractivity (Wildman–Crippen MR) is 91.0 cm³/mol. The summed E-state index contributed by atoms with van der Waals surface area (Å²) in [4.78, 5) is 0. The molecule has 2 fully saturated rings. The molecule has 4 nitrogen and oxygen atoms in total. The standard InChI is InChI=1S/C15H30N2O2S2/c1-21(18,19)14-9-5-6-12(10-14)15(17-16)11-20-13-7-3-2-4-8-13/h12-15,17H,2-11,16H2,1H3. The van der Waals surface area contributed by atoms with Crippen LogP contribution in [-0.2, 0) is 9.84 Å². The van der Waals surface area contributed by atoms with Crippen LogP contribution in [0, 0.1) is 5.92 Å². The first-order valence-electron chi connectivity index (χ1n) is 8.27. The lowest BCUT2D eigenvalue weighted by molar-refractivity contribution is 0.287. The maximum Gasteiger partial charge on any atom is 0.150 e. The Balaban J connectivity index is 1.84. The minimum Gasteiger partial charge on any atom is -0.271 e. The molecule has 0 aromatic carbocycles. The molecule has 3 unspecified atom stereocenters. The third kappa shape index (κ3) is 5.41. The fraction of sp³-hybridized carbons (Fsp3) is 1.00. The van der Waals surface area contributed by atoms with Crippen LogP contribution in [0.25, 0.3) is 0 Å². The number of hydrogen-bond acceptors (Lipinski definition) is 5. The van der Waals surface area contributed by atoms with Crippen molar-refractivity contribution < 1.29 is 8.42 Å². The Bertz CT molecular complexity index is 408. The zero-order chi connectivity index (χ0) is 15.3. The Hall–Kier alpha value is 0.220. The Morgan fingerprint density at radius 3 is 2.48 bits per heavy atom. The second-order valence-corrected chi connectivity index (χ2v) is 10.4. The Morgan fingerprint density at radius 2 is 1.86 bits per heavy atom. The van der Waals surface area contributed by atoms with Crippen LogP contribution in [0.3, 0.4) is 0 Å². The Labute approximate surface area is 133 Å². The van der Waals surface area contributed by atoms with Gasteiger partial charge in [0.05, 0.1) is 5.25 Å². The van der Waals surface area contributed by atoms with E-state index in [0.717, 1.165) is 36.7 Å². The molecule has 0 spiro atoms.